The van der Waals surface area contributed by atoms with Crippen molar-refractivity contribution in [2.75, 3.05) is 6.61 Å². The highest BCUT2D eigenvalue weighted by atomic mass is 35.5. The van der Waals surface area contributed by atoms with Gasteiger partial charge in [0.2, 0.25) is 5.24 Å². The predicted octanol–water partition coefficient (Wildman–Crippen LogP) is 3.67. The molecule has 0 bridgehead atoms. The van der Waals surface area contributed by atoms with Crippen LogP contribution in [0.15, 0.2) is 30.5 Å². The Balaban J connectivity index is 1.92. The highest BCUT2D eigenvalue weighted by molar-refractivity contribution is 6.65. The van der Waals surface area contributed by atoms with Crippen molar-refractivity contribution in [2.24, 2.45) is 5.41 Å². The number of hydrogen-bond donors (Lipinski definition) is 0. The number of hydrogen-bond acceptors (Lipinski definition) is 4. The number of halogens is 1. The van der Waals surface area contributed by atoms with Crippen LogP contribution in [0.5, 0.6) is 0 Å². The fraction of sp³-hybridized carbons (Fsp3) is 0.389. The van der Waals surface area contributed by atoms with E-state index in [0.717, 1.165) is 40.6 Å². The summed E-state index contributed by atoms with van der Waals surface area (Å²) in [5, 5.41) is 0.771. The van der Waals surface area contributed by atoms with Crippen molar-refractivity contribution in [2.45, 2.75) is 32.9 Å². The van der Waals surface area contributed by atoms with Crippen molar-refractivity contribution in [3.05, 3.63) is 36.3 Å². The fourth-order valence-corrected chi connectivity index (χ4v) is 3.40. The zero-order valence-electron chi connectivity index (χ0n) is 13.5. The highest BCUT2D eigenvalue weighted by Crippen LogP contribution is 2.49. The van der Waals surface area contributed by atoms with Crippen molar-refractivity contribution < 1.29 is 9.53 Å². The molecule has 1 aromatic carbocycles. The maximum absolute atomic E-state index is 11.9. The van der Waals surface area contributed by atoms with E-state index in [4.69, 9.17) is 21.3 Å². The molecule has 0 unspecified atom stereocenters. The van der Waals surface area contributed by atoms with Crippen LogP contribution >= 0.6 is 11.6 Å². The van der Waals surface area contributed by atoms with Gasteiger partial charge in [-0.15, -0.1) is 0 Å². The van der Waals surface area contributed by atoms with Gasteiger partial charge in [-0.1, -0.05) is 18.2 Å². The normalized spacial score (nSPS) is 15.9. The first-order chi connectivity index (χ1) is 11.6. The zero-order valence-corrected chi connectivity index (χ0v) is 14.2. The summed E-state index contributed by atoms with van der Waals surface area (Å²) in [5.74, 6) is 0.814. The SMILES string of the molecule is CCOCc1nc2cnc3ccccc3c2n1CC1(C(=O)Cl)CC1. The van der Waals surface area contributed by atoms with E-state index in [2.05, 4.69) is 9.55 Å². The number of nitrogens with zero attached hydrogens (tertiary/aromatic N) is 3. The second kappa shape index (κ2) is 5.83. The van der Waals surface area contributed by atoms with Crippen LogP contribution in [0.4, 0.5) is 0 Å². The third-order valence-electron chi connectivity index (χ3n) is 4.73. The Kier molecular flexibility index (Phi) is 3.77. The van der Waals surface area contributed by atoms with Gasteiger partial charge in [0, 0.05) is 18.5 Å². The van der Waals surface area contributed by atoms with Gasteiger partial charge in [-0.05, 0) is 37.4 Å². The molecule has 0 atom stereocenters. The summed E-state index contributed by atoms with van der Waals surface area (Å²) in [7, 11) is 0. The number of carbonyl (C=O) groups is 1. The fourth-order valence-electron chi connectivity index (χ4n) is 3.15. The number of imidazole rings is 1. The molecule has 0 radical (unpaired) electrons. The maximum atomic E-state index is 11.9. The van der Waals surface area contributed by atoms with Crippen molar-refractivity contribution in [1.82, 2.24) is 14.5 Å². The summed E-state index contributed by atoms with van der Waals surface area (Å²) in [6, 6.07) is 7.97. The maximum Gasteiger partial charge on any atom is 0.229 e. The summed E-state index contributed by atoms with van der Waals surface area (Å²) in [6.45, 7) is 3.52. The van der Waals surface area contributed by atoms with E-state index < -0.39 is 5.41 Å². The van der Waals surface area contributed by atoms with Gasteiger partial charge in [-0.25, -0.2) is 4.98 Å². The minimum Gasteiger partial charge on any atom is -0.374 e. The van der Waals surface area contributed by atoms with Gasteiger partial charge in [0.05, 0.1) is 22.6 Å². The molecule has 0 aliphatic heterocycles. The van der Waals surface area contributed by atoms with Crippen LogP contribution in [0, 0.1) is 5.41 Å². The van der Waals surface area contributed by atoms with E-state index in [1.165, 1.54) is 0 Å². The minimum atomic E-state index is -0.458. The number of benzene rings is 1. The first kappa shape index (κ1) is 15.5. The van der Waals surface area contributed by atoms with Crippen LogP contribution in [0.2, 0.25) is 0 Å². The molecule has 0 N–H and O–H groups in total. The molecule has 124 valence electrons. The lowest BCUT2D eigenvalue weighted by molar-refractivity contribution is -0.116. The number of para-hydroxylation sites is 1. The molecule has 0 spiro atoms. The average Bonchev–Trinajstić information content (AvgIpc) is 3.29. The standard InChI is InChI=1S/C18H18ClN3O2/c1-2-24-10-15-21-14-9-20-13-6-4-3-5-12(13)16(14)22(15)11-18(7-8-18)17(19)23/h3-6,9H,2,7-8,10-11H2,1H3. The largest absolute Gasteiger partial charge is 0.374 e. The third-order valence-corrected chi connectivity index (χ3v) is 5.13. The number of carbonyl (C=O) groups excluding carboxylic acids is 1. The first-order valence-electron chi connectivity index (χ1n) is 8.15. The zero-order chi connectivity index (χ0) is 16.7. The Bertz CT molecular complexity index is 931. The van der Waals surface area contributed by atoms with Gasteiger partial charge in [0.1, 0.15) is 17.9 Å². The molecule has 6 heteroatoms. The quantitative estimate of drug-likeness (QED) is 0.641. The Morgan fingerprint density at radius 3 is 2.83 bits per heavy atom. The molecule has 3 aromatic rings. The van der Waals surface area contributed by atoms with E-state index in [1.54, 1.807) is 6.20 Å². The van der Waals surface area contributed by atoms with Gasteiger partial charge in [0.15, 0.2) is 0 Å². The van der Waals surface area contributed by atoms with Crippen LogP contribution in [-0.2, 0) is 22.7 Å². The average molecular weight is 344 g/mol. The minimum absolute atomic E-state index is 0.259. The van der Waals surface area contributed by atoms with E-state index in [-0.39, 0.29) is 5.24 Å². The number of pyridine rings is 1. The number of rotatable bonds is 6. The van der Waals surface area contributed by atoms with Crippen LogP contribution in [-0.4, -0.2) is 26.4 Å². The summed E-state index contributed by atoms with van der Waals surface area (Å²) in [6.07, 6.45) is 3.43. The van der Waals surface area contributed by atoms with Gasteiger partial charge in [-0.2, -0.15) is 0 Å². The van der Waals surface area contributed by atoms with Crippen LogP contribution in [0.1, 0.15) is 25.6 Å². The van der Waals surface area contributed by atoms with Crippen LogP contribution in [0.25, 0.3) is 21.9 Å². The molecule has 1 fully saturated rings. The topological polar surface area (TPSA) is 57.0 Å². The lowest BCUT2D eigenvalue weighted by Crippen LogP contribution is -2.20. The molecule has 0 amide bonds. The van der Waals surface area contributed by atoms with Crippen molar-refractivity contribution in [1.29, 1.82) is 0 Å². The number of ether oxygens (including phenoxy) is 1. The van der Waals surface area contributed by atoms with Crippen molar-refractivity contribution in [3.8, 4) is 0 Å². The molecule has 5 nitrogen and oxygen atoms in total. The molecular weight excluding hydrogens is 326 g/mol. The lowest BCUT2D eigenvalue weighted by atomic mass is 10.1. The molecule has 2 aromatic heterocycles. The van der Waals surface area contributed by atoms with Gasteiger partial charge in [0.25, 0.3) is 0 Å². The molecule has 4 rings (SSSR count). The molecular formula is C18H18ClN3O2. The Morgan fingerprint density at radius 1 is 1.33 bits per heavy atom. The van der Waals surface area contributed by atoms with Gasteiger partial charge >= 0.3 is 0 Å². The summed E-state index contributed by atoms with van der Waals surface area (Å²) < 4.78 is 7.68. The summed E-state index contributed by atoms with van der Waals surface area (Å²) in [4.78, 5) is 21.0. The predicted molar refractivity (Wildman–Crippen MR) is 92.9 cm³/mol. The van der Waals surface area contributed by atoms with E-state index in [9.17, 15) is 4.79 Å². The lowest BCUT2D eigenvalue weighted by Gasteiger charge is -2.15. The van der Waals surface area contributed by atoms with E-state index in [0.29, 0.717) is 19.8 Å². The number of fused-ring (bicyclic) bond motifs is 3. The molecule has 1 saturated carbocycles. The Morgan fingerprint density at radius 2 is 2.12 bits per heavy atom. The monoisotopic (exact) mass is 343 g/mol. The van der Waals surface area contributed by atoms with Crippen LogP contribution in [0.3, 0.4) is 0 Å². The highest BCUT2D eigenvalue weighted by Gasteiger charge is 2.49. The van der Waals surface area contributed by atoms with Crippen molar-refractivity contribution >= 4 is 38.8 Å². The second-order valence-electron chi connectivity index (χ2n) is 6.31. The summed E-state index contributed by atoms with van der Waals surface area (Å²) in [5.41, 5.74) is 2.28. The molecule has 1 aliphatic rings. The van der Waals surface area contributed by atoms with E-state index >= 15 is 0 Å². The number of aromatic nitrogens is 3. The van der Waals surface area contributed by atoms with E-state index in [1.807, 2.05) is 31.2 Å². The second-order valence-corrected chi connectivity index (χ2v) is 6.66. The van der Waals surface area contributed by atoms with Crippen LogP contribution < -0.4 is 0 Å². The Hall–Kier alpha value is -1.98. The smallest absolute Gasteiger partial charge is 0.229 e. The van der Waals surface area contributed by atoms with Gasteiger partial charge in [-0.3, -0.25) is 9.78 Å². The van der Waals surface area contributed by atoms with Gasteiger partial charge < -0.3 is 9.30 Å². The molecule has 2 heterocycles. The molecule has 24 heavy (non-hydrogen) atoms. The Labute approximate surface area is 144 Å². The third kappa shape index (κ3) is 2.48. The first-order valence-corrected chi connectivity index (χ1v) is 8.53. The summed E-state index contributed by atoms with van der Waals surface area (Å²) >= 11 is 5.86. The van der Waals surface area contributed by atoms with Crippen molar-refractivity contribution in [3.63, 3.8) is 0 Å². The molecule has 0 saturated heterocycles. The molecule has 1 aliphatic carbocycles.